The third-order valence-electron chi connectivity index (χ3n) is 4.28. The molecule has 0 amide bonds. The Bertz CT molecular complexity index is 435. The van der Waals surface area contributed by atoms with Crippen molar-refractivity contribution in [3.8, 4) is 5.75 Å². The van der Waals surface area contributed by atoms with E-state index in [4.69, 9.17) is 4.74 Å². The third kappa shape index (κ3) is 3.27. The normalized spacial score (nSPS) is 18.9. The molecule has 2 rings (SSSR count). The number of rotatable bonds is 3. The Morgan fingerprint density at radius 3 is 2.42 bits per heavy atom. The van der Waals surface area contributed by atoms with Crippen molar-refractivity contribution in [3.63, 3.8) is 0 Å². The maximum absolute atomic E-state index is 10.8. The van der Waals surface area contributed by atoms with E-state index >= 15 is 0 Å². The van der Waals surface area contributed by atoms with Crippen molar-refractivity contribution in [2.75, 3.05) is 7.11 Å². The summed E-state index contributed by atoms with van der Waals surface area (Å²) in [7, 11) is 1.69. The van der Waals surface area contributed by atoms with Crippen molar-refractivity contribution in [2.24, 2.45) is 0 Å². The first-order valence-electron chi connectivity index (χ1n) is 7.27. The summed E-state index contributed by atoms with van der Waals surface area (Å²) in [6.45, 7) is 4.04. The molecule has 106 valence electrons. The summed E-state index contributed by atoms with van der Waals surface area (Å²) in [5, 5.41) is 10.8. The van der Waals surface area contributed by atoms with Gasteiger partial charge in [0.25, 0.3) is 0 Å². The van der Waals surface area contributed by atoms with E-state index in [0.717, 1.165) is 48.3 Å². The average Bonchev–Trinajstić information content (AvgIpc) is 2.59. The minimum absolute atomic E-state index is 0.575. The Balaban J connectivity index is 2.22. The van der Waals surface area contributed by atoms with Crippen molar-refractivity contribution in [1.82, 2.24) is 4.98 Å². The summed E-state index contributed by atoms with van der Waals surface area (Å²) >= 11 is 0. The van der Waals surface area contributed by atoms with Gasteiger partial charge in [0.1, 0.15) is 5.75 Å². The van der Waals surface area contributed by atoms with Gasteiger partial charge in [-0.1, -0.05) is 25.7 Å². The van der Waals surface area contributed by atoms with Gasteiger partial charge in [-0.05, 0) is 26.7 Å². The van der Waals surface area contributed by atoms with Crippen LogP contribution in [-0.2, 0) is 6.42 Å². The average molecular weight is 263 g/mol. The Hall–Kier alpha value is -1.09. The minimum Gasteiger partial charge on any atom is -0.496 e. The Kier molecular flexibility index (Phi) is 4.46. The molecule has 1 aliphatic carbocycles. The standard InChI is InChI=1S/C16H25NO2/c1-12-11-17-14(13(2)15(12)19-3)10-16(18)8-6-4-5-7-9-16/h11,18H,4-10H2,1-3H3. The van der Waals surface area contributed by atoms with E-state index in [1.165, 1.54) is 12.8 Å². The molecule has 1 fully saturated rings. The lowest BCUT2D eigenvalue weighted by Crippen LogP contribution is -2.31. The highest BCUT2D eigenvalue weighted by Gasteiger charge is 2.29. The second-order valence-electron chi connectivity index (χ2n) is 5.86. The van der Waals surface area contributed by atoms with E-state index in [1.54, 1.807) is 7.11 Å². The van der Waals surface area contributed by atoms with E-state index in [-0.39, 0.29) is 0 Å². The number of aliphatic hydroxyl groups is 1. The van der Waals surface area contributed by atoms with Gasteiger partial charge < -0.3 is 9.84 Å². The summed E-state index contributed by atoms with van der Waals surface area (Å²) in [4.78, 5) is 4.52. The topological polar surface area (TPSA) is 42.4 Å². The van der Waals surface area contributed by atoms with Crippen LogP contribution in [-0.4, -0.2) is 22.8 Å². The van der Waals surface area contributed by atoms with Crippen LogP contribution in [0.25, 0.3) is 0 Å². The molecule has 0 unspecified atom stereocenters. The van der Waals surface area contributed by atoms with Crippen LogP contribution >= 0.6 is 0 Å². The molecule has 0 atom stereocenters. The molecular formula is C16H25NO2. The van der Waals surface area contributed by atoms with E-state index in [2.05, 4.69) is 4.98 Å². The molecule has 1 N–H and O–H groups in total. The summed E-state index contributed by atoms with van der Waals surface area (Å²) in [6, 6.07) is 0. The number of pyridine rings is 1. The number of hydrogen-bond donors (Lipinski definition) is 1. The van der Waals surface area contributed by atoms with Crippen molar-refractivity contribution in [3.05, 3.63) is 23.0 Å². The first-order chi connectivity index (χ1) is 9.06. The van der Waals surface area contributed by atoms with Crippen LogP contribution in [0.1, 0.15) is 55.3 Å². The van der Waals surface area contributed by atoms with E-state index in [0.29, 0.717) is 6.42 Å². The highest BCUT2D eigenvalue weighted by Crippen LogP contribution is 2.32. The van der Waals surface area contributed by atoms with Crippen molar-refractivity contribution >= 4 is 0 Å². The molecule has 0 radical (unpaired) electrons. The zero-order valence-corrected chi connectivity index (χ0v) is 12.3. The predicted octanol–water partition coefficient (Wildman–Crippen LogP) is 3.33. The van der Waals surface area contributed by atoms with Crippen LogP contribution in [0, 0.1) is 13.8 Å². The second kappa shape index (κ2) is 5.91. The fourth-order valence-electron chi connectivity index (χ4n) is 3.12. The van der Waals surface area contributed by atoms with E-state index in [1.807, 2.05) is 20.0 Å². The van der Waals surface area contributed by atoms with E-state index < -0.39 is 5.60 Å². The molecule has 1 aromatic heterocycles. The largest absolute Gasteiger partial charge is 0.496 e. The van der Waals surface area contributed by atoms with Crippen molar-refractivity contribution in [1.29, 1.82) is 0 Å². The fraction of sp³-hybridized carbons (Fsp3) is 0.688. The molecule has 3 heteroatoms. The molecule has 0 bridgehead atoms. The Morgan fingerprint density at radius 1 is 1.21 bits per heavy atom. The van der Waals surface area contributed by atoms with Gasteiger partial charge in [0.2, 0.25) is 0 Å². The minimum atomic E-state index is -0.575. The molecule has 0 saturated heterocycles. The van der Waals surface area contributed by atoms with Crippen LogP contribution < -0.4 is 4.74 Å². The first kappa shape index (κ1) is 14.3. The van der Waals surface area contributed by atoms with Gasteiger partial charge in [-0.15, -0.1) is 0 Å². The summed E-state index contributed by atoms with van der Waals surface area (Å²) in [5.74, 6) is 0.905. The molecule has 1 saturated carbocycles. The van der Waals surface area contributed by atoms with Gasteiger partial charge in [-0.25, -0.2) is 0 Å². The molecule has 1 aromatic rings. The van der Waals surface area contributed by atoms with Crippen molar-refractivity contribution < 1.29 is 9.84 Å². The molecule has 1 aliphatic rings. The number of hydrogen-bond acceptors (Lipinski definition) is 3. The number of aryl methyl sites for hydroxylation is 1. The summed E-state index contributed by atoms with van der Waals surface area (Å²) in [6.07, 6.45) is 9.01. The maximum atomic E-state index is 10.8. The monoisotopic (exact) mass is 263 g/mol. The zero-order valence-electron chi connectivity index (χ0n) is 12.3. The lowest BCUT2D eigenvalue weighted by molar-refractivity contribution is 0.0241. The van der Waals surface area contributed by atoms with Crippen molar-refractivity contribution in [2.45, 2.75) is 64.4 Å². The van der Waals surface area contributed by atoms with Gasteiger partial charge in [-0.2, -0.15) is 0 Å². The summed E-state index contributed by atoms with van der Waals surface area (Å²) in [5.41, 5.74) is 2.53. The fourth-order valence-corrected chi connectivity index (χ4v) is 3.12. The predicted molar refractivity (Wildman–Crippen MR) is 76.6 cm³/mol. The molecular weight excluding hydrogens is 238 g/mol. The smallest absolute Gasteiger partial charge is 0.128 e. The Labute approximate surface area is 116 Å². The molecule has 19 heavy (non-hydrogen) atoms. The van der Waals surface area contributed by atoms with Crippen LogP contribution in [0.15, 0.2) is 6.20 Å². The quantitative estimate of drug-likeness (QED) is 0.850. The van der Waals surface area contributed by atoms with Crippen LogP contribution in [0.4, 0.5) is 0 Å². The summed E-state index contributed by atoms with van der Waals surface area (Å²) < 4.78 is 5.44. The zero-order chi connectivity index (χ0) is 13.9. The number of nitrogens with zero attached hydrogens (tertiary/aromatic N) is 1. The van der Waals surface area contributed by atoms with Gasteiger partial charge in [0.15, 0.2) is 0 Å². The first-order valence-corrected chi connectivity index (χ1v) is 7.27. The lowest BCUT2D eigenvalue weighted by atomic mass is 9.88. The van der Waals surface area contributed by atoms with E-state index in [9.17, 15) is 5.11 Å². The van der Waals surface area contributed by atoms with Crippen LogP contribution in [0.3, 0.4) is 0 Å². The van der Waals surface area contributed by atoms with Gasteiger partial charge in [-0.3, -0.25) is 4.98 Å². The molecule has 0 spiro atoms. The number of methoxy groups -OCH3 is 1. The molecule has 0 aliphatic heterocycles. The highest BCUT2D eigenvalue weighted by molar-refractivity contribution is 5.41. The molecule has 1 heterocycles. The molecule has 0 aromatic carbocycles. The number of aromatic nitrogens is 1. The maximum Gasteiger partial charge on any atom is 0.128 e. The van der Waals surface area contributed by atoms with Crippen LogP contribution in [0.2, 0.25) is 0 Å². The Morgan fingerprint density at radius 2 is 1.84 bits per heavy atom. The number of ether oxygens (including phenoxy) is 1. The second-order valence-corrected chi connectivity index (χ2v) is 5.86. The van der Waals surface area contributed by atoms with Crippen LogP contribution in [0.5, 0.6) is 5.75 Å². The van der Waals surface area contributed by atoms with Gasteiger partial charge in [0.05, 0.1) is 12.7 Å². The van der Waals surface area contributed by atoms with Gasteiger partial charge >= 0.3 is 0 Å². The molecule has 3 nitrogen and oxygen atoms in total. The highest BCUT2D eigenvalue weighted by atomic mass is 16.5. The SMILES string of the molecule is COc1c(C)cnc(CC2(O)CCCCCC2)c1C. The lowest BCUT2D eigenvalue weighted by Gasteiger charge is -2.27. The van der Waals surface area contributed by atoms with Gasteiger partial charge in [0, 0.05) is 29.4 Å². The third-order valence-corrected chi connectivity index (χ3v) is 4.28.